The first-order valence-corrected chi connectivity index (χ1v) is 10.6. The van der Waals surface area contributed by atoms with E-state index in [1.165, 1.54) is 29.3 Å². The number of aliphatic carboxylic acids is 1. The van der Waals surface area contributed by atoms with Gasteiger partial charge in [0.15, 0.2) is 5.69 Å². The van der Waals surface area contributed by atoms with Crippen LogP contribution in [0.2, 0.25) is 0 Å². The van der Waals surface area contributed by atoms with Crippen molar-refractivity contribution in [3.63, 3.8) is 0 Å². The zero-order chi connectivity index (χ0) is 24.1. The molecule has 3 aliphatic heterocycles. The number of amides is 5. The van der Waals surface area contributed by atoms with Crippen molar-refractivity contribution in [1.82, 2.24) is 30.1 Å². The Bertz CT molecular complexity index is 1280. The summed E-state index contributed by atoms with van der Waals surface area (Å²) in [7, 11) is 0. The predicted octanol–water partition coefficient (Wildman–Crippen LogP) is -0.642. The van der Waals surface area contributed by atoms with Crippen LogP contribution in [-0.4, -0.2) is 84.0 Å². The first kappa shape index (κ1) is 21.4. The van der Waals surface area contributed by atoms with Gasteiger partial charge in [0.25, 0.3) is 17.7 Å². The predicted molar refractivity (Wildman–Crippen MR) is 110 cm³/mol. The fraction of sp³-hybridized carbons (Fsp3) is 0.333. The van der Waals surface area contributed by atoms with Gasteiger partial charge in [-0.1, -0.05) is 11.3 Å². The number of benzene rings is 1. The second-order valence-electron chi connectivity index (χ2n) is 8.19. The second kappa shape index (κ2) is 7.86. The number of fused-ring (bicyclic) bond motifs is 1. The number of rotatable bonds is 4. The summed E-state index contributed by atoms with van der Waals surface area (Å²) < 4.78 is 1.16. The lowest BCUT2D eigenvalue weighted by molar-refractivity contribution is -0.141. The minimum atomic E-state index is -1.12. The Morgan fingerprint density at radius 2 is 1.88 bits per heavy atom. The van der Waals surface area contributed by atoms with Gasteiger partial charge in [-0.2, -0.15) is 0 Å². The van der Waals surface area contributed by atoms with E-state index < -0.39 is 47.6 Å². The number of carboxylic acid groups (broad SMARTS) is 1. The molecule has 2 saturated heterocycles. The van der Waals surface area contributed by atoms with Crippen LogP contribution in [0, 0.1) is 0 Å². The molecule has 4 heterocycles. The second-order valence-corrected chi connectivity index (χ2v) is 8.19. The zero-order valence-electron chi connectivity index (χ0n) is 17.6. The highest BCUT2D eigenvalue weighted by molar-refractivity contribution is 6.24. The lowest BCUT2D eigenvalue weighted by Gasteiger charge is -2.27. The highest BCUT2D eigenvalue weighted by Gasteiger charge is 2.46. The lowest BCUT2D eigenvalue weighted by atomic mass is 10.0. The van der Waals surface area contributed by atoms with Gasteiger partial charge in [-0.3, -0.25) is 34.2 Å². The van der Waals surface area contributed by atoms with Gasteiger partial charge < -0.3 is 10.0 Å². The Labute approximate surface area is 191 Å². The number of piperidine rings is 1. The molecule has 5 amide bonds. The van der Waals surface area contributed by atoms with E-state index in [9.17, 15) is 33.9 Å². The highest BCUT2D eigenvalue weighted by atomic mass is 16.4. The summed E-state index contributed by atoms with van der Waals surface area (Å²) in [6.45, 7) is 0.275. The minimum Gasteiger partial charge on any atom is -0.480 e. The van der Waals surface area contributed by atoms with Crippen LogP contribution >= 0.6 is 0 Å². The Hall–Kier alpha value is -4.42. The van der Waals surface area contributed by atoms with Gasteiger partial charge in [-0.25, -0.2) is 9.48 Å². The van der Waals surface area contributed by atoms with Crippen molar-refractivity contribution in [2.75, 3.05) is 6.54 Å². The Morgan fingerprint density at radius 1 is 1.09 bits per heavy atom. The van der Waals surface area contributed by atoms with Crippen LogP contribution < -0.4 is 5.32 Å². The maximum absolute atomic E-state index is 13.2. The van der Waals surface area contributed by atoms with Crippen molar-refractivity contribution in [2.45, 2.75) is 37.8 Å². The maximum Gasteiger partial charge on any atom is 0.326 e. The Balaban J connectivity index is 1.46. The van der Waals surface area contributed by atoms with Gasteiger partial charge in [-0.05, 0) is 31.4 Å². The molecular formula is C21H18N6O7. The topological polar surface area (TPSA) is 172 Å². The molecule has 2 fully saturated rings. The standard InChI is InChI=1S/C21H18N6O7/c28-15-7-6-13(17(29)22-15)27-18(30)10-3-1-4-12(16(10)20(27)32)26-9-11(23-24-26)19(31)25-8-2-5-14(25)21(33)34/h1,3-4,9,13-14H,2,5-8H2,(H,33,34)(H,22,28,29)/t13?,14-/m0/s1. The first-order valence-electron chi connectivity index (χ1n) is 10.6. The minimum absolute atomic E-state index is 0.000939. The third kappa shape index (κ3) is 3.24. The monoisotopic (exact) mass is 466 g/mol. The average Bonchev–Trinajstić information content (AvgIpc) is 3.54. The molecule has 5 rings (SSSR count). The van der Waals surface area contributed by atoms with Crippen LogP contribution in [0.3, 0.4) is 0 Å². The molecule has 34 heavy (non-hydrogen) atoms. The summed E-state index contributed by atoms with van der Waals surface area (Å²) in [4.78, 5) is 76.2. The molecule has 0 bridgehead atoms. The molecular weight excluding hydrogens is 448 g/mol. The highest BCUT2D eigenvalue weighted by Crippen LogP contribution is 2.31. The molecule has 1 unspecified atom stereocenters. The number of imide groups is 2. The molecule has 0 aliphatic carbocycles. The lowest BCUT2D eigenvalue weighted by Crippen LogP contribution is -2.54. The fourth-order valence-electron chi connectivity index (χ4n) is 4.58. The van der Waals surface area contributed by atoms with Crippen LogP contribution in [-0.2, 0) is 14.4 Å². The van der Waals surface area contributed by atoms with E-state index in [0.29, 0.717) is 12.8 Å². The number of carboxylic acids is 1. The van der Waals surface area contributed by atoms with Gasteiger partial charge in [0, 0.05) is 13.0 Å². The van der Waals surface area contributed by atoms with E-state index >= 15 is 0 Å². The normalized spacial score (nSPS) is 22.2. The number of carbonyl (C=O) groups is 6. The van der Waals surface area contributed by atoms with Crippen LogP contribution in [0.1, 0.15) is 56.9 Å². The molecule has 13 nitrogen and oxygen atoms in total. The summed E-state index contributed by atoms with van der Waals surface area (Å²) >= 11 is 0. The van der Waals surface area contributed by atoms with Crippen molar-refractivity contribution in [3.05, 3.63) is 41.2 Å². The largest absolute Gasteiger partial charge is 0.480 e. The van der Waals surface area contributed by atoms with Crippen LogP contribution in [0.4, 0.5) is 0 Å². The number of nitrogens with zero attached hydrogens (tertiary/aromatic N) is 5. The van der Waals surface area contributed by atoms with Crippen molar-refractivity contribution in [3.8, 4) is 5.69 Å². The third-order valence-corrected chi connectivity index (χ3v) is 6.20. The van der Waals surface area contributed by atoms with E-state index in [0.717, 1.165) is 9.58 Å². The van der Waals surface area contributed by atoms with Crippen LogP contribution in [0.5, 0.6) is 0 Å². The quantitative estimate of drug-likeness (QED) is 0.556. The van der Waals surface area contributed by atoms with Gasteiger partial charge in [-0.15, -0.1) is 5.10 Å². The summed E-state index contributed by atoms with van der Waals surface area (Å²) in [6.07, 6.45) is 2.18. The molecule has 0 saturated carbocycles. The van der Waals surface area contributed by atoms with Gasteiger partial charge in [0.1, 0.15) is 12.1 Å². The molecule has 174 valence electrons. The molecule has 1 aromatic heterocycles. The maximum atomic E-state index is 13.2. The van der Waals surface area contributed by atoms with Gasteiger partial charge >= 0.3 is 5.97 Å². The smallest absolute Gasteiger partial charge is 0.326 e. The Kier molecular flexibility index (Phi) is 4.96. The number of aromatic nitrogens is 3. The molecule has 2 atom stereocenters. The van der Waals surface area contributed by atoms with Gasteiger partial charge in [0.05, 0.1) is 23.0 Å². The van der Waals surface area contributed by atoms with E-state index in [4.69, 9.17) is 0 Å². The van der Waals surface area contributed by atoms with Crippen molar-refractivity contribution >= 4 is 35.5 Å². The first-order chi connectivity index (χ1) is 16.3. The van der Waals surface area contributed by atoms with Gasteiger partial charge in [0.2, 0.25) is 11.8 Å². The number of hydrogen-bond donors (Lipinski definition) is 2. The van der Waals surface area contributed by atoms with Crippen molar-refractivity contribution in [2.24, 2.45) is 0 Å². The molecule has 1 aromatic carbocycles. The van der Waals surface area contributed by atoms with Crippen LogP contribution in [0.15, 0.2) is 24.4 Å². The SMILES string of the molecule is O=C1CCC(N2C(=O)c3cccc(-n4cc(C(=O)N5CCC[C@H]5C(=O)O)nn4)c3C2=O)C(=O)N1. The number of hydrogen-bond acceptors (Lipinski definition) is 8. The van der Waals surface area contributed by atoms with Crippen molar-refractivity contribution < 1.29 is 33.9 Å². The molecule has 13 heteroatoms. The van der Waals surface area contributed by atoms with E-state index in [2.05, 4.69) is 15.6 Å². The summed E-state index contributed by atoms with van der Waals surface area (Å²) in [6, 6.07) is 2.41. The number of nitrogens with one attached hydrogen (secondary N) is 1. The van der Waals surface area contributed by atoms with E-state index in [1.54, 1.807) is 0 Å². The number of carbonyl (C=O) groups excluding carboxylic acids is 5. The van der Waals surface area contributed by atoms with E-state index in [1.807, 2.05) is 0 Å². The molecule has 2 aromatic rings. The molecule has 3 aliphatic rings. The molecule has 0 radical (unpaired) electrons. The number of likely N-dealkylation sites (tertiary alicyclic amines) is 1. The summed E-state index contributed by atoms with van der Waals surface area (Å²) in [5.41, 5.74) is 0.115. The molecule has 2 N–H and O–H groups in total. The van der Waals surface area contributed by atoms with Crippen LogP contribution in [0.25, 0.3) is 5.69 Å². The van der Waals surface area contributed by atoms with E-state index in [-0.39, 0.29) is 41.9 Å². The summed E-state index contributed by atoms with van der Waals surface area (Å²) in [5.74, 6) is -4.29. The molecule has 0 spiro atoms. The van der Waals surface area contributed by atoms with Crippen molar-refractivity contribution in [1.29, 1.82) is 0 Å². The average molecular weight is 466 g/mol. The zero-order valence-corrected chi connectivity index (χ0v) is 17.6. The Morgan fingerprint density at radius 3 is 2.62 bits per heavy atom. The fourth-order valence-corrected chi connectivity index (χ4v) is 4.58. The third-order valence-electron chi connectivity index (χ3n) is 6.20. The summed E-state index contributed by atoms with van der Waals surface area (Å²) in [5, 5.41) is 19.2.